The van der Waals surface area contributed by atoms with Gasteiger partial charge in [-0.3, -0.25) is 0 Å². The molecule has 1 unspecified atom stereocenters. The number of hydrogen-bond donors (Lipinski definition) is 0. The molecule has 1 heteroatoms. The van der Waals surface area contributed by atoms with Crippen LogP contribution in [0.15, 0.2) is 0 Å². The van der Waals surface area contributed by atoms with E-state index in [0.717, 1.165) is 11.3 Å². The number of quaternary nitrogens is 1. The van der Waals surface area contributed by atoms with Crippen molar-refractivity contribution in [2.75, 3.05) is 27.2 Å². The van der Waals surface area contributed by atoms with E-state index < -0.39 is 0 Å². The molecule has 1 nitrogen and oxygen atoms in total. The van der Waals surface area contributed by atoms with Gasteiger partial charge in [0, 0.05) is 12.8 Å². The van der Waals surface area contributed by atoms with Gasteiger partial charge in [-0.2, -0.15) is 0 Å². The fraction of sp³-hybridized carbons (Fsp3) is 1.00. The zero-order valence-corrected chi connectivity index (χ0v) is 9.47. The van der Waals surface area contributed by atoms with Crippen LogP contribution in [0.25, 0.3) is 0 Å². The van der Waals surface area contributed by atoms with Gasteiger partial charge in [0.15, 0.2) is 0 Å². The summed E-state index contributed by atoms with van der Waals surface area (Å²) in [5, 5.41) is 0. The summed E-state index contributed by atoms with van der Waals surface area (Å²) >= 11 is 0. The van der Waals surface area contributed by atoms with Crippen LogP contribution in [0.5, 0.6) is 0 Å². The van der Waals surface area contributed by atoms with Gasteiger partial charge in [0.2, 0.25) is 0 Å². The number of likely N-dealkylation sites (tertiary alicyclic amines) is 1. The molecule has 0 aromatic rings. The molecule has 2 rings (SSSR count). The summed E-state index contributed by atoms with van der Waals surface area (Å²) in [5.41, 5.74) is 0.785. The van der Waals surface area contributed by atoms with Crippen molar-refractivity contribution in [3.63, 3.8) is 0 Å². The first kappa shape index (κ1) is 9.51. The van der Waals surface area contributed by atoms with E-state index in [0.29, 0.717) is 0 Å². The highest BCUT2D eigenvalue weighted by molar-refractivity contribution is 4.89. The summed E-state index contributed by atoms with van der Waals surface area (Å²) in [7, 11) is 4.76. The highest BCUT2D eigenvalue weighted by Crippen LogP contribution is 2.49. The van der Waals surface area contributed by atoms with Crippen molar-refractivity contribution in [2.24, 2.45) is 11.3 Å². The van der Waals surface area contributed by atoms with Gasteiger partial charge in [0.25, 0.3) is 0 Å². The SMILES string of the molecule is CC1CCC2(CC[N+](C)(C)CC2)C1. The summed E-state index contributed by atoms with van der Waals surface area (Å²) in [5.74, 6) is 1.01. The lowest BCUT2D eigenvalue weighted by atomic mass is 9.76. The van der Waals surface area contributed by atoms with E-state index in [1.165, 1.54) is 49.7 Å². The molecule has 0 radical (unpaired) electrons. The molecule has 0 amide bonds. The van der Waals surface area contributed by atoms with Crippen LogP contribution in [0.4, 0.5) is 0 Å². The van der Waals surface area contributed by atoms with Gasteiger partial charge in [0.1, 0.15) is 0 Å². The number of hydrogen-bond acceptors (Lipinski definition) is 0. The standard InChI is InChI=1S/C12H24N/c1-11-4-5-12(10-11)6-8-13(2,3)9-7-12/h11H,4-10H2,1-3H3/q+1. The van der Waals surface area contributed by atoms with E-state index in [1.807, 2.05) is 0 Å². The first-order chi connectivity index (χ1) is 6.02. The quantitative estimate of drug-likeness (QED) is 0.505. The van der Waals surface area contributed by atoms with Crippen molar-refractivity contribution in [2.45, 2.75) is 39.0 Å². The molecule has 1 aliphatic heterocycles. The van der Waals surface area contributed by atoms with Crippen LogP contribution in [-0.4, -0.2) is 31.7 Å². The van der Waals surface area contributed by atoms with Crippen LogP contribution in [-0.2, 0) is 0 Å². The monoisotopic (exact) mass is 182 g/mol. The topological polar surface area (TPSA) is 0 Å². The van der Waals surface area contributed by atoms with E-state index in [1.54, 1.807) is 0 Å². The van der Waals surface area contributed by atoms with Gasteiger partial charge in [-0.1, -0.05) is 13.3 Å². The molecule has 0 bridgehead atoms. The molecule has 0 aromatic carbocycles. The fourth-order valence-corrected chi connectivity index (χ4v) is 3.27. The van der Waals surface area contributed by atoms with E-state index in [9.17, 15) is 0 Å². The van der Waals surface area contributed by atoms with E-state index in [4.69, 9.17) is 0 Å². The van der Waals surface area contributed by atoms with Crippen LogP contribution in [0.2, 0.25) is 0 Å². The van der Waals surface area contributed by atoms with Gasteiger partial charge in [-0.15, -0.1) is 0 Å². The average Bonchev–Trinajstić information content (AvgIpc) is 2.41. The third-order valence-corrected chi connectivity index (χ3v) is 4.44. The van der Waals surface area contributed by atoms with Crippen LogP contribution in [0, 0.1) is 11.3 Å². The van der Waals surface area contributed by atoms with Gasteiger partial charge < -0.3 is 4.48 Å². The second-order valence-electron chi connectivity index (χ2n) is 6.23. The van der Waals surface area contributed by atoms with Gasteiger partial charge >= 0.3 is 0 Å². The lowest BCUT2D eigenvalue weighted by Crippen LogP contribution is -2.49. The molecule has 1 heterocycles. The Hall–Kier alpha value is -0.0400. The summed E-state index contributed by atoms with van der Waals surface area (Å²) < 4.78 is 1.26. The Kier molecular flexibility index (Phi) is 2.18. The maximum Gasteiger partial charge on any atom is 0.0787 e. The molecule has 0 aromatic heterocycles. The molecule has 13 heavy (non-hydrogen) atoms. The van der Waals surface area contributed by atoms with Crippen LogP contribution in [0.1, 0.15) is 39.0 Å². The number of piperidine rings is 1. The zero-order valence-electron chi connectivity index (χ0n) is 9.47. The van der Waals surface area contributed by atoms with Gasteiger partial charge in [-0.05, 0) is 24.2 Å². The minimum atomic E-state index is 0.785. The van der Waals surface area contributed by atoms with Crippen molar-refractivity contribution in [1.82, 2.24) is 0 Å². The summed E-state index contributed by atoms with van der Waals surface area (Å²) in [6.45, 7) is 5.25. The molecule has 1 spiro atoms. The van der Waals surface area contributed by atoms with Crippen LogP contribution in [0.3, 0.4) is 0 Å². The van der Waals surface area contributed by atoms with Crippen LogP contribution < -0.4 is 0 Å². The minimum Gasteiger partial charge on any atom is -0.328 e. The molecule has 1 atom stereocenters. The summed E-state index contributed by atoms with van der Waals surface area (Å²) in [6, 6.07) is 0. The predicted octanol–water partition coefficient (Wildman–Crippen LogP) is 2.66. The maximum absolute atomic E-state index is 2.43. The van der Waals surface area contributed by atoms with E-state index in [2.05, 4.69) is 21.0 Å². The van der Waals surface area contributed by atoms with Crippen molar-refractivity contribution < 1.29 is 4.48 Å². The normalized spacial score (nSPS) is 36.7. The molecule has 0 N–H and O–H groups in total. The summed E-state index contributed by atoms with van der Waals surface area (Å²) in [6.07, 6.45) is 7.52. The van der Waals surface area contributed by atoms with E-state index in [-0.39, 0.29) is 0 Å². The second-order valence-corrected chi connectivity index (χ2v) is 6.23. The molecule has 1 saturated heterocycles. The lowest BCUT2D eigenvalue weighted by molar-refractivity contribution is -0.897. The second kappa shape index (κ2) is 2.98. The first-order valence-corrected chi connectivity index (χ1v) is 5.83. The summed E-state index contributed by atoms with van der Waals surface area (Å²) in [4.78, 5) is 0. The smallest absolute Gasteiger partial charge is 0.0787 e. The fourth-order valence-electron chi connectivity index (χ4n) is 3.27. The van der Waals surface area contributed by atoms with Crippen molar-refractivity contribution in [3.8, 4) is 0 Å². The van der Waals surface area contributed by atoms with Gasteiger partial charge in [-0.25, -0.2) is 0 Å². The number of rotatable bonds is 0. The Labute approximate surface area is 82.7 Å². The Balaban J connectivity index is 1.97. The predicted molar refractivity (Wildman–Crippen MR) is 56.5 cm³/mol. The first-order valence-electron chi connectivity index (χ1n) is 5.83. The minimum absolute atomic E-state index is 0.785. The van der Waals surface area contributed by atoms with E-state index >= 15 is 0 Å². The molecular formula is C12H24N+. The third-order valence-electron chi connectivity index (χ3n) is 4.44. The maximum atomic E-state index is 2.43. The number of nitrogens with zero attached hydrogens (tertiary/aromatic N) is 1. The zero-order chi connectivity index (χ0) is 9.53. The van der Waals surface area contributed by atoms with Crippen LogP contribution >= 0.6 is 0 Å². The molecular weight excluding hydrogens is 158 g/mol. The molecule has 76 valence electrons. The van der Waals surface area contributed by atoms with Gasteiger partial charge in [0.05, 0.1) is 27.2 Å². The Morgan fingerprint density at radius 1 is 1.08 bits per heavy atom. The highest BCUT2D eigenvalue weighted by atomic mass is 15.3. The van der Waals surface area contributed by atoms with Crippen molar-refractivity contribution in [3.05, 3.63) is 0 Å². The Bertz CT molecular complexity index is 185. The molecule has 2 aliphatic rings. The third kappa shape index (κ3) is 1.90. The molecule has 2 fully saturated rings. The molecule has 1 aliphatic carbocycles. The largest absolute Gasteiger partial charge is 0.328 e. The van der Waals surface area contributed by atoms with Crippen molar-refractivity contribution in [1.29, 1.82) is 0 Å². The average molecular weight is 182 g/mol. The highest BCUT2D eigenvalue weighted by Gasteiger charge is 2.42. The Morgan fingerprint density at radius 2 is 1.69 bits per heavy atom. The lowest BCUT2D eigenvalue weighted by Gasteiger charge is -2.43. The van der Waals surface area contributed by atoms with Crippen molar-refractivity contribution >= 4 is 0 Å². The Morgan fingerprint density at radius 3 is 2.15 bits per heavy atom. The molecule has 1 saturated carbocycles.